The van der Waals surface area contributed by atoms with Gasteiger partial charge in [0, 0.05) is 14.0 Å². The molecule has 12 heavy (non-hydrogen) atoms. The molecule has 1 amide bonds. The van der Waals surface area contributed by atoms with Crippen molar-refractivity contribution >= 4 is 17.2 Å². The van der Waals surface area contributed by atoms with E-state index in [0.717, 1.165) is 11.4 Å². The van der Waals surface area contributed by atoms with Crippen molar-refractivity contribution in [1.29, 1.82) is 0 Å². The molecule has 0 fully saturated rings. The van der Waals surface area contributed by atoms with Gasteiger partial charge in [0.25, 0.3) is 0 Å². The summed E-state index contributed by atoms with van der Waals surface area (Å²) in [6, 6.07) is 0. The zero-order valence-electron chi connectivity index (χ0n) is 7.37. The first-order valence-corrected chi connectivity index (χ1v) is 4.53. The minimum atomic E-state index is -0.183. The second kappa shape index (κ2) is 3.62. The average Bonchev–Trinajstić information content (AvgIpc) is 2.31. The summed E-state index contributed by atoms with van der Waals surface area (Å²) in [6.07, 6.45) is 0.881. The summed E-state index contributed by atoms with van der Waals surface area (Å²) < 4.78 is 1.63. The van der Waals surface area contributed by atoms with Gasteiger partial charge in [0.05, 0.1) is 0 Å². The maximum Gasteiger partial charge on any atom is 0.245 e. The van der Waals surface area contributed by atoms with Gasteiger partial charge in [0.15, 0.2) is 0 Å². The summed E-state index contributed by atoms with van der Waals surface area (Å²) in [5.74, 6) is -0.183. The van der Waals surface area contributed by atoms with Crippen LogP contribution in [-0.2, 0) is 18.3 Å². The molecule has 0 saturated heterocycles. The molecule has 0 aliphatic rings. The van der Waals surface area contributed by atoms with Gasteiger partial charge in [-0.15, -0.1) is 0 Å². The minimum absolute atomic E-state index is 0.183. The minimum Gasteiger partial charge on any atom is -0.273 e. The third kappa shape index (κ3) is 2.01. The van der Waals surface area contributed by atoms with E-state index < -0.39 is 0 Å². The number of amides is 1. The van der Waals surface area contributed by atoms with Crippen molar-refractivity contribution in [2.45, 2.75) is 20.3 Å². The highest BCUT2D eigenvalue weighted by molar-refractivity contribution is 7.08. The Morgan fingerprint density at radius 2 is 2.42 bits per heavy atom. The van der Waals surface area contributed by atoms with Gasteiger partial charge in [-0.05, 0) is 6.42 Å². The fraction of sp³-hybridized carbons (Fsp3) is 0.571. The van der Waals surface area contributed by atoms with Crippen LogP contribution in [0.2, 0.25) is 0 Å². The van der Waals surface area contributed by atoms with Crippen LogP contribution in [0.3, 0.4) is 0 Å². The Kier molecular flexibility index (Phi) is 2.75. The van der Waals surface area contributed by atoms with Gasteiger partial charge >= 0.3 is 0 Å². The predicted molar refractivity (Wildman–Crippen MR) is 46.7 cm³/mol. The Labute approximate surface area is 74.6 Å². The van der Waals surface area contributed by atoms with E-state index in [1.54, 1.807) is 11.7 Å². The van der Waals surface area contributed by atoms with E-state index >= 15 is 0 Å². The van der Waals surface area contributed by atoms with Crippen LogP contribution in [0, 0.1) is 0 Å². The van der Waals surface area contributed by atoms with Crippen LogP contribution >= 0.6 is 11.3 Å². The van der Waals surface area contributed by atoms with Crippen LogP contribution in [0.5, 0.6) is 0 Å². The van der Waals surface area contributed by atoms with Crippen LogP contribution in [0.4, 0.5) is 0 Å². The molecule has 66 valence electrons. The summed E-state index contributed by atoms with van der Waals surface area (Å²) in [4.78, 5) is 15.1. The summed E-state index contributed by atoms with van der Waals surface area (Å²) >= 11 is 1.45. The van der Waals surface area contributed by atoms with Gasteiger partial charge in [-0.1, -0.05) is 18.3 Å². The zero-order valence-corrected chi connectivity index (χ0v) is 8.18. The summed E-state index contributed by atoms with van der Waals surface area (Å²) in [5, 5.41) is 5.17. The first-order valence-electron chi connectivity index (χ1n) is 3.71. The van der Waals surface area contributed by atoms with E-state index in [4.69, 9.17) is 0 Å². The molecule has 4 nitrogen and oxygen atoms in total. The molecule has 0 unspecified atom stereocenters. The number of aryl methyl sites for hydroxylation is 2. The van der Waals surface area contributed by atoms with Crippen molar-refractivity contribution in [3.8, 4) is 0 Å². The first kappa shape index (κ1) is 9.12. The van der Waals surface area contributed by atoms with E-state index in [2.05, 4.69) is 10.1 Å². The highest BCUT2D eigenvalue weighted by Crippen LogP contribution is 1.97. The molecule has 0 aliphatic heterocycles. The van der Waals surface area contributed by atoms with Gasteiger partial charge in [-0.2, -0.15) is 10.1 Å². The standard InChI is InChI=1S/C7H11N3OS/c1-4-6-9-10(3)7(12-6)8-5(2)11/h4H2,1-3H3. The van der Waals surface area contributed by atoms with Crippen molar-refractivity contribution < 1.29 is 4.79 Å². The number of hydrogen-bond acceptors (Lipinski definition) is 3. The maximum atomic E-state index is 10.7. The third-order valence-corrected chi connectivity index (χ3v) is 2.45. The second-order valence-electron chi connectivity index (χ2n) is 2.39. The highest BCUT2D eigenvalue weighted by Gasteiger charge is 1.98. The molecule has 0 spiro atoms. The van der Waals surface area contributed by atoms with E-state index in [0.29, 0.717) is 4.80 Å². The molecule has 0 bridgehead atoms. The molecule has 1 aromatic rings. The van der Waals surface area contributed by atoms with Gasteiger partial charge < -0.3 is 0 Å². The fourth-order valence-electron chi connectivity index (χ4n) is 0.775. The molecule has 1 heterocycles. The molecule has 0 aliphatic carbocycles. The Hall–Kier alpha value is -0.970. The molecule has 0 saturated carbocycles. The summed E-state index contributed by atoms with van der Waals surface area (Å²) in [5.41, 5.74) is 0. The van der Waals surface area contributed by atoms with E-state index in [9.17, 15) is 4.79 Å². The molecular weight excluding hydrogens is 174 g/mol. The Morgan fingerprint density at radius 1 is 1.75 bits per heavy atom. The highest BCUT2D eigenvalue weighted by atomic mass is 32.1. The topological polar surface area (TPSA) is 47.2 Å². The normalized spacial score (nSPS) is 12.1. The molecule has 0 N–H and O–H groups in total. The number of hydrogen-bond donors (Lipinski definition) is 0. The van der Waals surface area contributed by atoms with E-state index in [1.165, 1.54) is 18.3 Å². The lowest BCUT2D eigenvalue weighted by Gasteiger charge is -1.84. The van der Waals surface area contributed by atoms with Gasteiger partial charge in [0.2, 0.25) is 10.7 Å². The zero-order chi connectivity index (χ0) is 9.14. The monoisotopic (exact) mass is 185 g/mol. The third-order valence-electron chi connectivity index (χ3n) is 1.30. The predicted octanol–water partition coefficient (Wildman–Crippen LogP) is 0.491. The van der Waals surface area contributed by atoms with E-state index in [-0.39, 0.29) is 5.91 Å². The number of rotatable bonds is 1. The molecular formula is C7H11N3OS. The second-order valence-corrected chi connectivity index (χ2v) is 3.43. The molecule has 0 aromatic carbocycles. The Bertz CT molecular complexity index is 350. The number of aromatic nitrogens is 2. The lowest BCUT2D eigenvalue weighted by atomic mass is 10.5. The van der Waals surface area contributed by atoms with Crippen molar-refractivity contribution in [3.63, 3.8) is 0 Å². The largest absolute Gasteiger partial charge is 0.273 e. The molecule has 1 aromatic heterocycles. The number of nitrogens with zero attached hydrogens (tertiary/aromatic N) is 3. The van der Waals surface area contributed by atoms with Crippen molar-refractivity contribution in [3.05, 3.63) is 9.81 Å². The molecule has 0 radical (unpaired) electrons. The fourth-order valence-corrected chi connectivity index (χ4v) is 1.64. The SMILES string of the molecule is CCc1nn(C)c(=NC(C)=O)s1. The Balaban J connectivity index is 3.16. The summed E-state index contributed by atoms with van der Waals surface area (Å²) in [6.45, 7) is 3.46. The summed E-state index contributed by atoms with van der Waals surface area (Å²) in [7, 11) is 1.79. The molecule has 1 rings (SSSR count). The van der Waals surface area contributed by atoms with Crippen LogP contribution in [0.1, 0.15) is 18.9 Å². The van der Waals surface area contributed by atoms with Gasteiger partial charge in [0.1, 0.15) is 5.01 Å². The number of carbonyl (C=O) groups excluding carboxylic acids is 1. The smallest absolute Gasteiger partial charge is 0.245 e. The molecule has 5 heteroatoms. The van der Waals surface area contributed by atoms with Gasteiger partial charge in [-0.25, -0.2) is 4.68 Å². The average molecular weight is 185 g/mol. The maximum absolute atomic E-state index is 10.7. The first-order chi connectivity index (χ1) is 5.63. The quantitative estimate of drug-likeness (QED) is 0.639. The lowest BCUT2D eigenvalue weighted by Crippen LogP contribution is -2.13. The van der Waals surface area contributed by atoms with E-state index in [1.807, 2.05) is 6.92 Å². The Morgan fingerprint density at radius 3 is 2.83 bits per heavy atom. The number of carbonyl (C=O) groups is 1. The van der Waals surface area contributed by atoms with Crippen molar-refractivity contribution in [2.24, 2.45) is 12.0 Å². The van der Waals surface area contributed by atoms with Crippen molar-refractivity contribution in [1.82, 2.24) is 9.78 Å². The van der Waals surface area contributed by atoms with Crippen LogP contribution in [0.25, 0.3) is 0 Å². The van der Waals surface area contributed by atoms with Gasteiger partial charge in [-0.3, -0.25) is 4.79 Å². The lowest BCUT2D eigenvalue weighted by molar-refractivity contribution is -0.116. The van der Waals surface area contributed by atoms with Crippen LogP contribution in [-0.4, -0.2) is 15.7 Å². The molecule has 0 atom stereocenters. The van der Waals surface area contributed by atoms with Crippen LogP contribution < -0.4 is 4.80 Å². The van der Waals surface area contributed by atoms with Crippen molar-refractivity contribution in [2.75, 3.05) is 0 Å². The van der Waals surface area contributed by atoms with Crippen LogP contribution in [0.15, 0.2) is 4.99 Å².